The molecule has 2 aromatic heterocycles. The Balaban J connectivity index is 1.00. The first-order valence-corrected chi connectivity index (χ1v) is 24.2. The van der Waals surface area contributed by atoms with E-state index in [1.54, 1.807) is 26.8 Å². The predicted molar refractivity (Wildman–Crippen MR) is 263 cm³/mol. The van der Waals surface area contributed by atoms with Gasteiger partial charge in [0.05, 0.1) is 71.0 Å². The number of hydrogen-bond acceptors (Lipinski definition) is 20. The summed E-state index contributed by atoms with van der Waals surface area (Å²) in [4.78, 5) is 119. The number of carboxylic acids is 4. The van der Waals surface area contributed by atoms with E-state index in [-0.39, 0.29) is 86.2 Å². The van der Waals surface area contributed by atoms with Crippen molar-refractivity contribution in [1.29, 1.82) is 0 Å². The molecular formula is C47H69N11O15. The van der Waals surface area contributed by atoms with Crippen LogP contribution < -0.4 is 21.9 Å². The van der Waals surface area contributed by atoms with Gasteiger partial charge in [0.1, 0.15) is 17.6 Å². The first-order valence-electron chi connectivity index (χ1n) is 24.2. The summed E-state index contributed by atoms with van der Waals surface area (Å²) >= 11 is 0. The SMILES string of the molecule is Nc1nc2ncc(CNc3ccc(C(=O)N[C@@H](CCC(=O)CCCCOCCOCCOCCCCC(=O)CN4CCN(CC(=O)O)CCN(CC(=O)O)CCN(CC(=O)O)CC4)C(=O)O)cc3)nc2c(=O)[nH]1. The predicted octanol–water partition coefficient (Wildman–Crippen LogP) is -0.125. The number of nitrogens with zero attached hydrogens (tertiary/aromatic N) is 7. The summed E-state index contributed by atoms with van der Waals surface area (Å²) in [5.41, 5.74) is 6.51. The van der Waals surface area contributed by atoms with Gasteiger partial charge in [-0.1, -0.05) is 0 Å². The number of ether oxygens (including phenoxy) is 3. The molecule has 1 aliphatic rings. The number of rotatable bonds is 33. The highest BCUT2D eigenvalue weighted by Crippen LogP contribution is 2.13. The van der Waals surface area contributed by atoms with E-state index in [0.717, 1.165) is 0 Å². The number of aliphatic carboxylic acids is 4. The Bertz CT molecular complexity index is 2290. The van der Waals surface area contributed by atoms with Crippen molar-refractivity contribution in [3.63, 3.8) is 0 Å². The molecule has 1 saturated heterocycles. The molecule has 26 heteroatoms. The Labute approximate surface area is 421 Å². The van der Waals surface area contributed by atoms with Crippen LogP contribution in [-0.2, 0) is 49.5 Å². The van der Waals surface area contributed by atoms with Crippen molar-refractivity contribution in [3.8, 4) is 0 Å². The molecule has 1 aromatic carbocycles. The number of nitrogens with two attached hydrogens (primary N) is 1. The molecule has 0 spiro atoms. The van der Waals surface area contributed by atoms with Gasteiger partial charge in [0.15, 0.2) is 11.2 Å². The minimum absolute atomic E-state index is 0.00564. The first-order chi connectivity index (χ1) is 35.0. The number of carboxylic acid groups (broad SMARTS) is 4. The quantitative estimate of drug-likeness (QED) is 0.0369. The summed E-state index contributed by atoms with van der Waals surface area (Å²) in [7, 11) is 0. The van der Waals surface area contributed by atoms with Crippen LogP contribution in [-0.4, -0.2) is 226 Å². The van der Waals surface area contributed by atoms with E-state index in [2.05, 4.69) is 30.6 Å². The lowest BCUT2D eigenvalue weighted by Gasteiger charge is -2.32. The number of nitrogen functional groups attached to an aromatic ring is 1. The van der Waals surface area contributed by atoms with E-state index in [4.69, 9.17) is 19.9 Å². The molecule has 402 valence electrons. The number of carbonyl (C=O) groups excluding carboxylic acids is 3. The van der Waals surface area contributed by atoms with Crippen LogP contribution in [0.4, 0.5) is 11.6 Å². The molecule has 9 N–H and O–H groups in total. The molecule has 26 nitrogen and oxygen atoms in total. The van der Waals surface area contributed by atoms with Crippen molar-refractivity contribution in [1.82, 2.24) is 44.9 Å². The summed E-state index contributed by atoms with van der Waals surface area (Å²) in [5.74, 6) is -5.10. The van der Waals surface area contributed by atoms with Crippen molar-refractivity contribution in [2.24, 2.45) is 0 Å². The highest BCUT2D eigenvalue weighted by atomic mass is 16.5. The van der Waals surface area contributed by atoms with E-state index in [1.165, 1.54) is 18.3 Å². The third kappa shape index (κ3) is 24.2. The number of unbranched alkanes of at least 4 members (excludes halogenated alkanes) is 2. The van der Waals surface area contributed by atoms with Gasteiger partial charge in [-0.15, -0.1) is 0 Å². The molecular weight excluding hydrogens is 959 g/mol. The molecule has 1 fully saturated rings. The van der Waals surface area contributed by atoms with E-state index >= 15 is 0 Å². The Morgan fingerprint density at radius 2 is 1.11 bits per heavy atom. The van der Waals surface area contributed by atoms with Crippen LogP contribution in [0.2, 0.25) is 0 Å². The molecule has 0 aliphatic carbocycles. The second-order valence-corrected chi connectivity index (χ2v) is 17.4. The van der Waals surface area contributed by atoms with E-state index < -0.39 is 41.4 Å². The van der Waals surface area contributed by atoms with E-state index in [0.29, 0.717) is 135 Å². The first kappa shape index (κ1) is 59.0. The van der Waals surface area contributed by atoms with Gasteiger partial charge >= 0.3 is 23.9 Å². The fourth-order valence-corrected chi connectivity index (χ4v) is 7.63. The van der Waals surface area contributed by atoms with Gasteiger partial charge in [-0.05, 0) is 56.4 Å². The van der Waals surface area contributed by atoms with Crippen LogP contribution in [0.1, 0.15) is 67.4 Å². The number of hydrogen-bond donors (Lipinski definition) is 8. The summed E-state index contributed by atoms with van der Waals surface area (Å²) in [6, 6.07) is 5.04. The van der Waals surface area contributed by atoms with Crippen molar-refractivity contribution < 1.29 is 68.2 Å². The second kappa shape index (κ2) is 32.5. The molecule has 4 rings (SSSR count). The molecule has 3 aromatic rings. The van der Waals surface area contributed by atoms with Crippen LogP contribution >= 0.6 is 0 Å². The Morgan fingerprint density at radius 3 is 1.60 bits per heavy atom. The zero-order valence-corrected chi connectivity index (χ0v) is 41.0. The third-order valence-corrected chi connectivity index (χ3v) is 11.6. The number of anilines is 2. The summed E-state index contributed by atoms with van der Waals surface area (Å²) in [6.45, 7) is 4.55. The molecule has 3 heterocycles. The topological polar surface area (TPSA) is 363 Å². The number of H-pyrrole nitrogens is 1. The molecule has 1 atom stereocenters. The third-order valence-electron chi connectivity index (χ3n) is 11.6. The van der Waals surface area contributed by atoms with Crippen LogP contribution in [0.15, 0.2) is 35.3 Å². The Kier molecular flexibility index (Phi) is 26.3. The molecule has 73 heavy (non-hydrogen) atoms. The maximum Gasteiger partial charge on any atom is 0.326 e. The Hall–Kier alpha value is -6.55. The average Bonchev–Trinajstić information content (AvgIpc) is 3.33. The summed E-state index contributed by atoms with van der Waals surface area (Å²) in [6.07, 6.45) is 4.38. The average molecular weight is 1030 g/mol. The summed E-state index contributed by atoms with van der Waals surface area (Å²) in [5, 5.41) is 43.5. The van der Waals surface area contributed by atoms with Crippen LogP contribution in [0.5, 0.6) is 0 Å². The summed E-state index contributed by atoms with van der Waals surface area (Å²) < 4.78 is 16.8. The lowest BCUT2D eigenvalue weighted by molar-refractivity contribution is -0.140. The number of aromatic nitrogens is 4. The van der Waals surface area contributed by atoms with Crippen molar-refractivity contribution >= 4 is 64.2 Å². The monoisotopic (exact) mass is 1030 g/mol. The van der Waals surface area contributed by atoms with Gasteiger partial charge in [-0.2, -0.15) is 4.98 Å². The number of amides is 1. The largest absolute Gasteiger partial charge is 0.480 e. The van der Waals surface area contributed by atoms with Gasteiger partial charge in [-0.3, -0.25) is 58.1 Å². The lowest BCUT2D eigenvalue weighted by atomic mass is 10.0. The van der Waals surface area contributed by atoms with Crippen LogP contribution in [0, 0.1) is 0 Å². The Morgan fingerprint density at radius 1 is 0.630 bits per heavy atom. The smallest absolute Gasteiger partial charge is 0.326 e. The number of ketones is 2. The van der Waals surface area contributed by atoms with Gasteiger partial charge in [0.2, 0.25) is 5.95 Å². The highest BCUT2D eigenvalue weighted by Gasteiger charge is 2.23. The maximum atomic E-state index is 13.0. The number of aromatic amines is 1. The zero-order valence-electron chi connectivity index (χ0n) is 41.0. The molecule has 0 bridgehead atoms. The molecule has 0 radical (unpaired) electrons. The van der Waals surface area contributed by atoms with Crippen molar-refractivity contribution in [2.75, 3.05) is 129 Å². The van der Waals surface area contributed by atoms with Gasteiger partial charge in [0.25, 0.3) is 11.5 Å². The second-order valence-electron chi connectivity index (χ2n) is 17.4. The standard InChI is InChI=1S/C47H69N11O15/c48-47-53-43-42(45(68)54-47)51-35(28-50-43)27-49-34-9-7-33(8-10-34)44(67)52-38(46(69)70)12-11-36(59)5-1-3-21-71-23-25-73-26-24-72-22-4-2-6-37(60)29-55-13-15-56(30-39(61)62)17-19-58(32-41(65)66)20-18-57(16-14-55)31-40(63)64/h7-10,28,38,49H,1-6,11-27,29-32H2,(H,52,67)(H,61,62)(H,63,64)(H,65,66)(H,69,70)(H3,48,50,53,54,68)/t38-/m0/s1. The fourth-order valence-electron chi connectivity index (χ4n) is 7.63. The highest BCUT2D eigenvalue weighted by molar-refractivity contribution is 5.97. The van der Waals surface area contributed by atoms with Gasteiger partial charge < -0.3 is 51.0 Å². The molecule has 0 unspecified atom stereocenters. The van der Waals surface area contributed by atoms with E-state index in [9.17, 15) is 58.8 Å². The zero-order chi connectivity index (χ0) is 53.0. The fraction of sp³-hybridized carbons (Fsp3) is 0.596. The van der Waals surface area contributed by atoms with Crippen LogP contribution in [0.25, 0.3) is 11.2 Å². The maximum absolute atomic E-state index is 13.0. The molecule has 0 saturated carbocycles. The van der Waals surface area contributed by atoms with Crippen molar-refractivity contribution in [2.45, 2.75) is 64.0 Å². The number of Topliss-reactive ketones (excluding diaryl/α,β-unsaturated/α-hetero) is 2. The number of benzene rings is 1. The number of nitrogens with one attached hydrogen (secondary N) is 3. The number of fused-ring (bicyclic) bond motifs is 1. The minimum atomic E-state index is -1.26. The van der Waals surface area contributed by atoms with E-state index in [1.807, 2.05) is 4.90 Å². The van der Waals surface area contributed by atoms with Crippen LogP contribution in [0.3, 0.4) is 0 Å². The molecule has 1 aliphatic heterocycles. The number of carbonyl (C=O) groups is 7. The van der Waals surface area contributed by atoms with Gasteiger partial charge in [-0.25, -0.2) is 14.8 Å². The van der Waals surface area contributed by atoms with Crippen molar-refractivity contribution in [3.05, 3.63) is 52.1 Å². The normalized spacial score (nSPS) is 15.0. The van der Waals surface area contributed by atoms with Gasteiger partial charge in [0, 0.05) is 96.1 Å². The lowest BCUT2D eigenvalue weighted by Crippen LogP contribution is -2.49. The molecule has 1 amide bonds. The minimum Gasteiger partial charge on any atom is -0.480 e.